The molecular weight excluding hydrogens is 186 g/mol. The normalized spacial score (nSPS) is 13.1. The molecule has 3 nitrogen and oxygen atoms in total. The van der Waals surface area contributed by atoms with Crippen molar-refractivity contribution < 1.29 is 8.76 Å². The maximum atomic E-state index is 10.2. The largest absolute Gasteiger partial charge is 0.294 e. The summed E-state index contributed by atoms with van der Waals surface area (Å²) in [4.78, 5) is 0. The summed E-state index contributed by atoms with van der Waals surface area (Å²) in [6.07, 6.45) is 8.65. The Morgan fingerprint density at radius 2 is 1.62 bits per heavy atom. The molecular formula is C9H21NO2S. The highest BCUT2D eigenvalue weighted by atomic mass is 32.2. The fourth-order valence-electron chi connectivity index (χ4n) is 1.24. The average Bonchev–Trinajstić information content (AvgIpc) is 2.09. The fourth-order valence-corrected chi connectivity index (χ4v) is 1.56. The van der Waals surface area contributed by atoms with Crippen molar-refractivity contribution in [3.63, 3.8) is 0 Å². The maximum Gasteiger partial charge on any atom is 0.231 e. The maximum absolute atomic E-state index is 10.2. The zero-order valence-electron chi connectivity index (χ0n) is 8.42. The summed E-state index contributed by atoms with van der Waals surface area (Å²) < 4.78 is 21.0. The highest BCUT2D eigenvalue weighted by molar-refractivity contribution is 7.77. The molecule has 0 aromatic heterocycles. The van der Waals surface area contributed by atoms with Crippen LogP contribution < -0.4 is 4.72 Å². The molecule has 0 aliphatic heterocycles. The second-order valence-electron chi connectivity index (χ2n) is 3.26. The van der Waals surface area contributed by atoms with Crippen LogP contribution in [0.15, 0.2) is 0 Å². The fraction of sp³-hybridized carbons (Fsp3) is 1.00. The second kappa shape index (κ2) is 10.2. The van der Waals surface area contributed by atoms with Crippen molar-refractivity contribution in [1.82, 2.24) is 4.72 Å². The minimum atomic E-state index is -1.83. The van der Waals surface area contributed by atoms with Gasteiger partial charge in [-0.05, 0) is 6.42 Å². The van der Waals surface area contributed by atoms with Gasteiger partial charge in [0.15, 0.2) is 0 Å². The van der Waals surface area contributed by atoms with Crippen LogP contribution in [0.3, 0.4) is 0 Å². The van der Waals surface area contributed by atoms with E-state index in [9.17, 15) is 4.21 Å². The van der Waals surface area contributed by atoms with E-state index in [0.717, 1.165) is 12.8 Å². The minimum Gasteiger partial charge on any atom is -0.294 e. The zero-order chi connectivity index (χ0) is 9.94. The monoisotopic (exact) mass is 207 g/mol. The Kier molecular flexibility index (Phi) is 10.2. The first-order valence-corrected chi connectivity index (χ1v) is 6.22. The molecule has 0 saturated carbocycles. The van der Waals surface area contributed by atoms with Gasteiger partial charge in [0, 0.05) is 6.54 Å². The van der Waals surface area contributed by atoms with E-state index < -0.39 is 11.3 Å². The highest BCUT2D eigenvalue weighted by Gasteiger charge is 1.92. The molecule has 2 N–H and O–H groups in total. The van der Waals surface area contributed by atoms with Gasteiger partial charge in [0.2, 0.25) is 11.3 Å². The first kappa shape index (κ1) is 13.1. The summed E-state index contributed by atoms with van der Waals surface area (Å²) in [5.74, 6) is 0. The van der Waals surface area contributed by atoms with Crippen LogP contribution in [0.5, 0.6) is 0 Å². The van der Waals surface area contributed by atoms with Gasteiger partial charge in [0.1, 0.15) is 0 Å². The Morgan fingerprint density at radius 3 is 2.15 bits per heavy atom. The van der Waals surface area contributed by atoms with E-state index in [1.807, 2.05) is 0 Å². The van der Waals surface area contributed by atoms with E-state index in [0.29, 0.717) is 6.54 Å². The summed E-state index contributed by atoms with van der Waals surface area (Å²) in [5.41, 5.74) is 0. The number of unbranched alkanes of at least 4 members (excludes halogenated alkanes) is 6. The summed E-state index contributed by atoms with van der Waals surface area (Å²) in [5, 5.41) is 0. The van der Waals surface area contributed by atoms with Gasteiger partial charge >= 0.3 is 0 Å². The Hall–Kier alpha value is 0.0700. The summed E-state index contributed by atoms with van der Waals surface area (Å²) in [7, 11) is 0. The van der Waals surface area contributed by atoms with Crippen LogP contribution in [0, 0.1) is 0 Å². The van der Waals surface area contributed by atoms with Gasteiger partial charge in [-0.2, -0.15) is 0 Å². The van der Waals surface area contributed by atoms with Crippen molar-refractivity contribution in [3.05, 3.63) is 0 Å². The number of hydrogen-bond acceptors (Lipinski definition) is 1. The smallest absolute Gasteiger partial charge is 0.231 e. The molecule has 0 heterocycles. The number of rotatable bonds is 9. The zero-order valence-corrected chi connectivity index (χ0v) is 9.24. The van der Waals surface area contributed by atoms with E-state index in [-0.39, 0.29) is 0 Å². The molecule has 4 heteroatoms. The molecule has 1 atom stereocenters. The van der Waals surface area contributed by atoms with Gasteiger partial charge in [-0.1, -0.05) is 45.4 Å². The molecule has 0 spiro atoms. The van der Waals surface area contributed by atoms with Gasteiger partial charge < -0.3 is 0 Å². The van der Waals surface area contributed by atoms with Crippen LogP contribution in [-0.4, -0.2) is 15.3 Å². The molecule has 0 aliphatic carbocycles. The van der Waals surface area contributed by atoms with Crippen LogP contribution in [0.25, 0.3) is 0 Å². The molecule has 1 unspecified atom stereocenters. The van der Waals surface area contributed by atoms with Crippen LogP contribution in [0.2, 0.25) is 0 Å². The van der Waals surface area contributed by atoms with Gasteiger partial charge in [-0.3, -0.25) is 4.55 Å². The Morgan fingerprint density at radius 1 is 1.08 bits per heavy atom. The van der Waals surface area contributed by atoms with Crippen molar-refractivity contribution in [2.45, 2.75) is 51.9 Å². The molecule has 0 saturated heterocycles. The van der Waals surface area contributed by atoms with E-state index >= 15 is 0 Å². The predicted molar refractivity (Wildman–Crippen MR) is 56.8 cm³/mol. The molecule has 0 aromatic carbocycles. The Bertz CT molecular complexity index is 131. The molecule has 80 valence electrons. The third-order valence-corrected chi connectivity index (χ3v) is 2.46. The summed E-state index contributed by atoms with van der Waals surface area (Å²) in [6.45, 7) is 2.86. The van der Waals surface area contributed by atoms with Gasteiger partial charge in [0.05, 0.1) is 0 Å². The average molecular weight is 207 g/mol. The topological polar surface area (TPSA) is 49.3 Å². The van der Waals surface area contributed by atoms with Gasteiger partial charge in [-0.25, -0.2) is 8.93 Å². The SMILES string of the molecule is CCCCCCCCCNS(=O)O. The molecule has 0 radical (unpaired) electrons. The van der Waals surface area contributed by atoms with Crippen molar-refractivity contribution >= 4 is 11.3 Å². The predicted octanol–water partition coefficient (Wildman–Crippen LogP) is 2.46. The van der Waals surface area contributed by atoms with Crippen LogP contribution in [0.1, 0.15) is 51.9 Å². The summed E-state index contributed by atoms with van der Waals surface area (Å²) in [6, 6.07) is 0. The van der Waals surface area contributed by atoms with Gasteiger partial charge in [-0.15, -0.1) is 0 Å². The second-order valence-corrected chi connectivity index (χ2v) is 4.05. The Labute approximate surface area is 83.7 Å². The third kappa shape index (κ3) is 12.1. The first-order chi connectivity index (χ1) is 6.27. The molecule has 0 aliphatic rings. The van der Waals surface area contributed by atoms with Crippen molar-refractivity contribution in [2.24, 2.45) is 0 Å². The van der Waals surface area contributed by atoms with E-state index in [1.165, 1.54) is 32.1 Å². The molecule has 0 fully saturated rings. The van der Waals surface area contributed by atoms with Crippen molar-refractivity contribution in [2.75, 3.05) is 6.54 Å². The molecule has 0 amide bonds. The van der Waals surface area contributed by atoms with E-state index in [2.05, 4.69) is 11.6 Å². The van der Waals surface area contributed by atoms with Crippen LogP contribution in [0.4, 0.5) is 0 Å². The summed E-state index contributed by atoms with van der Waals surface area (Å²) >= 11 is -1.83. The van der Waals surface area contributed by atoms with Crippen LogP contribution >= 0.6 is 0 Å². The lowest BCUT2D eigenvalue weighted by Crippen LogP contribution is -2.17. The van der Waals surface area contributed by atoms with E-state index in [1.54, 1.807) is 0 Å². The number of nitrogens with one attached hydrogen (secondary N) is 1. The lowest BCUT2D eigenvalue weighted by atomic mass is 10.1. The highest BCUT2D eigenvalue weighted by Crippen LogP contribution is 2.06. The first-order valence-electron chi connectivity index (χ1n) is 5.11. The number of hydrogen-bond donors (Lipinski definition) is 2. The van der Waals surface area contributed by atoms with Crippen molar-refractivity contribution in [1.29, 1.82) is 0 Å². The molecule has 0 rings (SSSR count). The van der Waals surface area contributed by atoms with Crippen LogP contribution in [-0.2, 0) is 11.3 Å². The lowest BCUT2D eigenvalue weighted by Gasteiger charge is -2.00. The van der Waals surface area contributed by atoms with Gasteiger partial charge in [0.25, 0.3) is 0 Å². The molecule has 0 bridgehead atoms. The van der Waals surface area contributed by atoms with Crippen molar-refractivity contribution in [3.8, 4) is 0 Å². The third-order valence-electron chi connectivity index (χ3n) is 2.01. The lowest BCUT2D eigenvalue weighted by molar-refractivity contribution is 0.539. The molecule has 0 aromatic rings. The quantitative estimate of drug-likeness (QED) is 0.451. The Balaban J connectivity index is 2.87. The standard InChI is InChI=1S/C9H21NO2S/c1-2-3-4-5-6-7-8-9-10-13(11)12/h10H,2-9H2,1H3,(H,11,12). The minimum absolute atomic E-state index is 0.650. The van der Waals surface area contributed by atoms with E-state index in [4.69, 9.17) is 4.55 Å². The molecule has 13 heavy (non-hydrogen) atoms.